The molecule has 1 amide bonds. The molecule has 1 atom stereocenters. The number of hydrogen-bond acceptors (Lipinski definition) is 4. The molecule has 7 heteroatoms. The Bertz CT molecular complexity index is 926. The van der Waals surface area contributed by atoms with Crippen LogP contribution in [-0.2, 0) is 10.0 Å². The van der Waals surface area contributed by atoms with Gasteiger partial charge in [0.2, 0.25) is 10.0 Å². The van der Waals surface area contributed by atoms with Crippen molar-refractivity contribution in [1.29, 1.82) is 0 Å². The predicted molar refractivity (Wildman–Crippen MR) is 103 cm³/mol. The topological polar surface area (TPSA) is 78.5 Å². The molecule has 2 N–H and O–H groups in total. The van der Waals surface area contributed by atoms with Crippen molar-refractivity contribution in [3.8, 4) is 0 Å². The second kappa shape index (κ2) is 7.42. The van der Waals surface area contributed by atoms with Crippen LogP contribution in [0.1, 0.15) is 34.8 Å². The number of amides is 1. The summed E-state index contributed by atoms with van der Waals surface area (Å²) in [5.74, 6) is -0.211. The molecule has 1 aliphatic carbocycles. The predicted octanol–water partition coefficient (Wildman–Crippen LogP) is 1.91. The summed E-state index contributed by atoms with van der Waals surface area (Å²) >= 11 is 0. The van der Waals surface area contributed by atoms with Crippen LogP contribution in [0.15, 0.2) is 59.5 Å². The normalized spacial score (nSPS) is 21.0. The van der Waals surface area contributed by atoms with Gasteiger partial charge in [-0.15, -0.1) is 0 Å². The molecule has 2 aromatic rings. The molecule has 4 rings (SSSR count). The van der Waals surface area contributed by atoms with Crippen LogP contribution in [0, 0.1) is 0 Å². The van der Waals surface area contributed by atoms with Gasteiger partial charge in [0.1, 0.15) is 0 Å². The number of rotatable bonds is 5. The van der Waals surface area contributed by atoms with Gasteiger partial charge in [-0.05, 0) is 36.6 Å². The maximum atomic E-state index is 13.1. The highest BCUT2D eigenvalue weighted by atomic mass is 32.2. The van der Waals surface area contributed by atoms with Crippen LogP contribution in [0.3, 0.4) is 0 Å². The SMILES string of the molecule is O=C(NC1CC1)c1cccc(S(=O)(=O)N2CCNC(c3ccccc3)C2)c1. The Kier molecular flexibility index (Phi) is 4.99. The quantitative estimate of drug-likeness (QED) is 0.824. The van der Waals surface area contributed by atoms with E-state index in [-0.39, 0.29) is 22.9 Å². The average Bonchev–Trinajstić information content (AvgIpc) is 3.53. The lowest BCUT2D eigenvalue weighted by molar-refractivity contribution is 0.0951. The van der Waals surface area contributed by atoms with E-state index in [0.717, 1.165) is 18.4 Å². The van der Waals surface area contributed by atoms with Crippen molar-refractivity contribution in [3.63, 3.8) is 0 Å². The van der Waals surface area contributed by atoms with Crippen molar-refractivity contribution >= 4 is 15.9 Å². The molecular weight excluding hydrogens is 362 g/mol. The highest BCUT2D eigenvalue weighted by molar-refractivity contribution is 7.89. The zero-order chi connectivity index (χ0) is 18.9. The molecular formula is C20H23N3O3S. The Labute approximate surface area is 159 Å². The van der Waals surface area contributed by atoms with E-state index < -0.39 is 10.0 Å². The van der Waals surface area contributed by atoms with E-state index in [2.05, 4.69) is 10.6 Å². The second-order valence-electron chi connectivity index (χ2n) is 7.06. The lowest BCUT2D eigenvalue weighted by Gasteiger charge is -2.33. The standard InChI is InChI=1S/C20H23N3O3S/c24-20(22-17-9-10-17)16-7-4-8-18(13-16)27(25,26)23-12-11-21-19(14-23)15-5-2-1-3-6-15/h1-8,13,17,19,21H,9-12,14H2,(H,22,24). The van der Waals surface area contributed by atoms with Gasteiger partial charge in [-0.3, -0.25) is 4.79 Å². The van der Waals surface area contributed by atoms with E-state index in [1.807, 2.05) is 30.3 Å². The minimum Gasteiger partial charge on any atom is -0.349 e. The first-order chi connectivity index (χ1) is 13.0. The molecule has 1 aliphatic heterocycles. The third-order valence-corrected chi connectivity index (χ3v) is 6.85. The highest BCUT2D eigenvalue weighted by Gasteiger charge is 2.31. The van der Waals surface area contributed by atoms with Crippen LogP contribution in [0.5, 0.6) is 0 Å². The Balaban J connectivity index is 1.54. The molecule has 2 aliphatic rings. The fourth-order valence-electron chi connectivity index (χ4n) is 3.29. The molecule has 1 unspecified atom stereocenters. The second-order valence-corrected chi connectivity index (χ2v) is 8.99. The molecule has 1 heterocycles. The number of nitrogens with one attached hydrogen (secondary N) is 2. The van der Waals surface area contributed by atoms with Gasteiger partial charge in [0.25, 0.3) is 5.91 Å². The Hall–Kier alpha value is -2.22. The summed E-state index contributed by atoms with van der Waals surface area (Å²) < 4.78 is 27.8. The Morgan fingerprint density at radius 3 is 2.59 bits per heavy atom. The summed E-state index contributed by atoms with van der Waals surface area (Å²) in [4.78, 5) is 12.4. The number of nitrogens with zero attached hydrogens (tertiary/aromatic N) is 1. The fraction of sp³-hybridized carbons (Fsp3) is 0.350. The van der Waals surface area contributed by atoms with Crippen molar-refractivity contribution in [2.75, 3.05) is 19.6 Å². The zero-order valence-electron chi connectivity index (χ0n) is 15.0. The third-order valence-electron chi connectivity index (χ3n) is 4.99. The van der Waals surface area contributed by atoms with Gasteiger partial charge in [-0.1, -0.05) is 36.4 Å². The number of carbonyl (C=O) groups is 1. The van der Waals surface area contributed by atoms with Crippen LogP contribution in [0.2, 0.25) is 0 Å². The summed E-state index contributed by atoms with van der Waals surface area (Å²) in [5, 5.41) is 6.28. The first-order valence-electron chi connectivity index (χ1n) is 9.23. The van der Waals surface area contributed by atoms with Gasteiger partial charge in [0.15, 0.2) is 0 Å². The first kappa shape index (κ1) is 18.2. The largest absolute Gasteiger partial charge is 0.349 e. The van der Waals surface area contributed by atoms with Gasteiger partial charge in [0, 0.05) is 37.3 Å². The van der Waals surface area contributed by atoms with E-state index in [0.29, 0.717) is 25.2 Å². The average molecular weight is 385 g/mol. The molecule has 1 saturated carbocycles. The van der Waals surface area contributed by atoms with Crippen molar-refractivity contribution in [2.24, 2.45) is 0 Å². The first-order valence-corrected chi connectivity index (χ1v) is 10.7. The van der Waals surface area contributed by atoms with Crippen LogP contribution in [0.4, 0.5) is 0 Å². The number of benzene rings is 2. The van der Waals surface area contributed by atoms with E-state index in [1.165, 1.54) is 10.4 Å². The van der Waals surface area contributed by atoms with E-state index >= 15 is 0 Å². The number of sulfonamides is 1. The van der Waals surface area contributed by atoms with E-state index in [1.54, 1.807) is 18.2 Å². The highest BCUT2D eigenvalue weighted by Crippen LogP contribution is 2.24. The fourth-order valence-corrected chi connectivity index (χ4v) is 4.79. The van der Waals surface area contributed by atoms with E-state index in [9.17, 15) is 13.2 Å². The summed E-state index contributed by atoms with van der Waals surface area (Å²) in [7, 11) is -3.66. The van der Waals surface area contributed by atoms with Crippen molar-refractivity contribution < 1.29 is 13.2 Å². The van der Waals surface area contributed by atoms with Crippen LogP contribution in [0.25, 0.3) is 0 Å². The summed E-state index contributed by atoms with van der Waals surface area (Å²) in [6.07, 6.45) is 1.98. The molecule has 0 aromatic heterocycles. The summed E-state index contributed by atoms with van der Waals surface area (Å²) in [5.41, 5.74) is 1.45. The lowest BCUT2D eigenvalue weighted by Crippen LogP contribution is -2.48. The van der Waals surface area contributed by atoms with Gasteiger partial charge in [-0.2, -0.15) is 4.31 Å². The van der Waals surface area contributed by atoms with Gasteiger partial charge in [0.05, 0.1) is 4.90 Å². The maximum Gasteiger partial charge on any atom is 0.251 e. The number of piperazine rings is 1. The van der Waals surface area contributed by atoms with Crippen molar-refractivity contribution in [1.82, 2.24) is 14.9 Å². The molecule has 2 fully saturated rings. The van der Waals surface area contributed by atoms with Crippen molar-refractivity contribution in [3.05, 3.63) is 65.7 Å². The molecule has 142 valence electrons. The maximum absolute atomic E-state index is 13.1. The number of hydrogen-bond donors (Lipinski definition) is 2. The lowest BCUT2D eigenvalue weighted by atomic mass is 10.1. The number of carbonyl (C=O) groups excluding carboxylic acids is 1. The third kappa shape index (κ3) is 4.05. The zero-order valence-corrected chi connectivity index (χ0v) is 15.8. The van der Waals surface area contributed by atoms with Crippen LogP contribution in [-0.4, -0.2) is 44.3 Å². The molecule has 0 bridgehead atoms. The van der Waals surface area contributed by atoms with Crippen LogP contribution >= 0.6 is 0 Å². The monoisotopic (exact) mass is 385 g/mol. The minimum absolute atomic E-state index is 0.0453. The smallest absolute Gasteiger partial charge is 0.251 e. The van der Waals surface area contributed by atoms with Crippen LogP contribution < -0.4 is 10.6 Å². The molecule has 2 aromatic carbocycles. The van der Waals surface area contributed by atoms with Crippen molar-refractivity contribution in [2.45, 2.75) is 29.8 Å². The summed E-state index contributed by atoms with van der Waals surface area (Å²) in [6, 6.07) is 16.3. The molecule has 1 saturated heterocycles. The molecule has 27 heavy (non-hydrogen) atoms. The molecule has 0 spiro atoms. The Morgan fingerprint density at radius 2 is 1.85 bits per heavy atom. The van der Waals surface area contributed by atoms with Gasteiger partial charge >= 0.3 is 0 Å². The molecule has 0 radical (unpaired) electrons. The Morgan fingerprint density at radius 1 is 1.07 bits per heavy atom. The van der Waals surface area contributed by atoms with E-state index in [4.69, 9.17) is 0 Å². The van der Waals surface area contributed by atoms with Gasteiger partial charge in [-0.25, -0.2) is 8.42 Å². The van der Waals surface area contributed by atoms with Gasteiger partial charge < -0.3 is 10.6 Å². The molecule has 6 nitrogen and oxygen atoms in total. The minimum atomic E-state index is -3.66. The summed E-state index contributed by atoms with van der Waals surface area (Å²) in [6.45, 7) is 1.36.